The van der Waals surface area contributed by atoms with E-state index >= 15 is 0 Å². The van der Waals surface area contributed by atoms with Gasteiger partial charge in [0.05, 0.1) is 26.4 Å². The molecule has 7 heteroatoms. The summed E-state index contributed by atoms with van der Waals surface area (Å²) in [5.74, 6) is 1.41. The first-order valence-corrected chi connectivity index (χ1v) is 9.24. The number of benzene rings is 1. The third-order valence-electron chi connectivity index (χ3n) is 4.20. The van der Waals surface area contributed by atoms with Crippen LogP contribution in [0.3, 0.4) is 0 Å². The molecular formula is C20H26N3O4+. The highest BCUT2D eigenvalue weighted by Gasteiger charge is 2.17. The third kappa shape index (κ3) is 5.59. The second-order valence-electron chi connectivity index (χ2n) is 6.07. The number of nitrogens with zero attached hydrogens (tertiary/aromatic N) is 1. The van der Waals surface area contributed by atoms with Crippen molar-refractivity contribution < 1.29 is 24.0 Å². The Kier molecular flexibility index (Phi) is 6.87. The van der Waals surface area contributed by atoms with Gasteiger partial charge in [-0.3, -0.25) is 4.79 Å². The predicted molar refractivity (Wildman–Crippen MR) is 101 cm³/mol. The second kappa shape index (κ2) is 9.78. The van der Waals surface area contributed by atoms with Crippen LogP contribution >= 0.6 is 0 Å². The van der Waals surface area contributed by atoms with Gasteiger partial charge in [-0.15, -0.1) is 0 Å². The summed E-state index contributed by atoms with van der Waals surface area (Å²) in [6.07, 6.45) is 1.79. The maximum Gasteiger partial charge on any atom is 0.316 e. The Labute approximate surface area is 159 Å². The van der Waals surface area contributed by atoms with Crippen molar-refractivity contribution >= 4 is 11.6 Å². The van der Waals surface area contributed by atoms with E-state index in [0.717, 1.165) is 30.3 Å². The average molecular weight is 372 g/mol. The van der Waals surface area contributed by atoms with Crippen LogP contribution in [-0.2, 0) is 4.74 Å². The average Bonchev–Trinajstić information content (AvgIpc) is 2.73. The standard InChI is InChI=1S/C20H25N3O4/c1-2-26-17-3-5-18(6-4-17)27-12-9-22-20(24)19-15-16(7-8-21-19)23-10-13-25-14-11-23/h3-8,15H,2,9-14H2,1H3,(H,22,24)/p+1. The molecule has 2 aromatic rings. The maximum atomic E-state index is 12.3. The van der Waals surface area contributed by atoms with Gasteiger partial charge < -0.3 is 24.4 Å². The largest absolute Gasteiger partial charge is 0.494 e. The predicted octanol–water partition coefficient (Wildman–Crippen LogP) is 1.54. The minimum absolute atomic E-state index is 0.152. The summed E-state index contributed by atoms with van der Waals surface area (Å²) in [7, 11) is 0. The van der Waals surface area contributed by atoms with Crippen LogP contribution in [0.15, 0.2) is 42.6 Å². The van der Waals surface area contributed by atoms with Gasteiger partial charge in [0.25, 0.3) is 5.69 Å². The molecule has 7 nitrogen and oxygen atoms in total. The normalized spacial score (nSPS) is 13.9. The van der Waals surface area contributed by atoms with E-state index in [1.165, 1.54) is 0 Å². The number of rotatable bonds is 8. The Morgan fingerprint density at radius 2 is 1.85 bits per heavy atom. The molecule has 1 amide bonds. The van der Waals surface area contributed by atoms with Crippen molar-refractivity contribution in [3.63, 3.8) is 0 Å². The van der Waals surface area contributed by atoms with E-state index in [0.29, 0.717) is 38.7 Å². The fourth-order valence-electron chi connectivity index (χ4n) is 2.83. The van der Waals surface area contributed by atoms with Gasteiger partial charge in [0.1, 0.15) is 18.1 Å². The fourth-order valence-corrected chi connectivity index (χ4v) is 2.83. The van der Waals surface area contributed by atoms with E-state index in [-0.39, 0.29) is 5.91 Å². The molecule has 0 atom stereocenters. The number of anilines is 1. The number of pyridine rings is 1. The molecule has 1 saturated heterocycles. The first kappa shape index (κ1) is 19.0. The van der Waals surface area contributed by atoms with Gasteiger partial charge in [-0.05, 0) is 31.2 Å². The summed E-state index contributed by atoms with van der Waals surface area (Å²) in [4.78, 5) is 17.6. The van der Waals surface area contributed by atoms with Crippen LogP contribution in [0.2, 0.25) is 0 Å². The lowest BCUT2D eigenvalue weighted by Gasteiger charge is -2.28. The van der Waals surface area contributed by atoms with Crippen LogP contribution in [0.4, 0.5) is 5.69 Å². The molecule has 0 saturated carbocycles. The number of hydrogen-bond donors (Lipinski definition) is 1. The van der Waals surface area contributed by atoms with Crippen molar-refractivity contribution in [2.45, 2.75) is 6.92 Å². The Bertz CT molecular complexity index is 730. The first-order valence-electron chi connectivity index (χ1n) is 9.24. The molecule has 2 heterocycles. The number of nitrogens with one attached hydrogen (secondary N) is 2. The quantitative estimate of drug-likeness (QED) is 0.712. The minimum atomic E-state index is -0.152. The molecule has 2 N–H and O–H groups in total. The molecule has 3 rings (SSSR count). The van der Waals surface area contributed by atoms with Gasteiger partial charge in [0.2, 0.25) is 0 Å². The third-order valence-corrected chi connectivity index (χ3v) is 4.20. The van der Waals surface area contributed by atoms with Crippen LogP contribution in [0.25, 0.3) is 0 Å². The monoisotopic (exact) mass is 372 g/mol. The van der Waals surface area contributed by atoms with Crippen molar-refractivity contribution in [1.82, 2.24) is 5.32 Å². The molecule has 144 valence electrons. The SMILES string of the molecule is CCOc1ccc(OCCNC(=O)c2cc(N3CCOCC3)cc[nH+]2)cc1. The molecule has 1 aliphatic rings. The zero-order valence-electron chi connectivity index (χ0n) is 15.6. The molecule has 1 aliphatic heterocycles. The summed E-state index contributed by atoms with van der Waals surface area (Å²) in [6.45, 7) is 6.48. The number of H-pyrrole nitrogens is 1. The van der Waals surface area contributed by atoms with E-state index in [9.17, 15) is 4.79 Å². The molecular weight excluding hydrogens is 346 g/mol. The highest BCUT2D eigenvalue weighted by molar-refractivity contribution is 5.91. The molecule has 1 fully saturated rings. The zero-order valence-corrected chi connectivity index (χ0v) is 15.6. The molecule has 1 aromatic carbocycles. The number of carbonyl (C=O) groups is 1. The number of morpholine rings is 1. The van der Waals surface area contributed by atoms with Crippen LogP contribution in [0.5, 0.6) is 11.5 Å². The van der Waals surface area contributed by atoms with E-state index in [1.807, 2.05) is 43.3 Å². The Morgan fingerprint density at radius 1 is 1.15 bits per heavy atom. The smallest absolute Gasteiger partial charge is 0.316 e. The van der Waals surface area contributed by atoms with Gasteiger partial charge >= 0.3 is 5.91 Å². The van der Waals surface area contributed by atoms with Gasteiger partial charge in [-0.25, -0.2) is 4.98 Å². The highest BCUT2D eigenvalue weighted by atomic mass is 16.5. The second-order valence-corrected chi connectivity index (χ2v) is 6.07. The van der Waals surface area contributed by atoms with Gasteiger partial charge in [0.15, 0.2) is 6.20 Å². The van der Waals surface area contributed by atoms with Gasteiger partial charge in [-0.2, -0.15) is 0 Å². The summed E-state index contributed by atoms with van der Waals surface area (Å²) < 4.78 is 16.4. The number of ether oxygens (including phenoxy) is 3. The van der Waals surface area contributed by atoms with Gasteiger partial charge in [0, 0.05) is 30.9 Å². The van der Waals surface area contributed by atoms with Crippen molar-refractivity contribution in [2.24, 2.45) is 0 Å². The molecule has 0 unspecified atom stereocenters. The number of carbonyl (C=O) groups excluding carboxylic acids is 1. The number of hydrogen-bond acceptors (Lipinski definition) is 5. The van der Waals surface area contributed by atoms with Crippen molar-refractivity contribution in [3.8, 4) is 11.5 Å². The highest BCUT2D eigenvalue weighted by Crippen LogP contribution is 2.17. The fraction of sp³-hybridized carbons (Fsp3) is 0.400. The van der Waals surface area contributed by atoms with E-state index in [1.54, 1.807) is 6.20 Å². The number of amides is 1. The van der Waals surface area contributed by atoms with Crippen LogP contribution in [0, 0.1) is 0 Å². The van der Waals surface area contributed by atoms with Crippen LogP contribution < -0.4 is 24.7 Å². The molecule has 0 radical (unpaired) electrons. The Balaban J connectivity index is 1.45. The maximum absolute atomic E-state index is 12.3. The Hall–Kier alpha value is -2.80. The van der Waals surface area contributed by atoms with Crippen LogP contribution in [0.1, 0.15) is 17.4 Å². The number of aromatic amines is 1. The summed E-state index contributed by atoms with van der Waals surface area (Å²) in [5.41, 5.74) is 1.55. The summed E-state index contributed by atoms with van der Waals surface area (Å²) in [5, 5.41) is 2.87. The van der Waals surface area contributed by atoms with Crippen molar-refractivity contribution in [3.05, 3.63) is 48.3 Å². The van der Waals surface area contributed by atoms with Crippen LogP contribution in [-0.4, -0.2) is 52.0 Å². The first-order chi connectivity index (χ1) is 13.3. The topological polar surface area (TPSA) is 74.2 Å². The minimum Gasteiger partial charge on any atom is -0.494 e. The van der Waals surface area contributed by atoms with Gasteiger partial charge in [-0.1, -0.05) is 0 Å². The number of aromatic nitrogens is 1. The summed E-state index contributed by atoms with van der Waals surface area (Å²) in [6, 6.07) is 11.3. The lowest BCUT2D eigenvalue weighted by Crippen LogP contribution is -2.37. The van der Waals surface area contributed by atoms with E-state index in [2.05, 4.69) is 15.2 Å². The van der Waals surface area contributed by atoms with Crippen molar-refractivity contribution in [1.29, 1.82) is 0 Å². The molecule has 27 heavy (non-hydrogen) atoms. The van der Waals surface area contributed by atoms with E-state index in [4.69, 9.17) is 14.2 Å². The van der Waals surface area contributed by atoms with E-state index < -0.39 is 0 Å². The Morgan fingerprint density at radius 3 is 2.56 bits per heavy atom. The summed E-state index contributed by atoms with van der Waals surface area (Å²) >= 11 is 0. The zero-order chi connectivity index (χ0) is 18.9. The lowest BCUT2D eigenvalue weighted by molar-refractivity contribution is -0.382. The molecule has 1 aromatic heterocycles. The molecule has 0 spiro atoms. The molecule has 0 bridgehead atoms. The molecule has 0 aliphatic carbocycles. The lowest BCUT2D eigenvalue weighted by atomic mass is 10.2. The van der Waals surface area contributed by atoms with Crippen molar-refractivity contribution in [2.75, 3.05) is 51.0 Å².